The molecule has 4 rings (SSSR count). The van der Waals surface area contributed by atoms with E-state index in [2.05, 4.69) is 10.6 Å². The van der Waals surface area contributed by atoms with Gasteiger partial charge in [-0.1, -0.05) is 54.6 Å². The number of halogens is 1. The van der Waals surface area contributed by atoms with Crippen LogP contribution in [0.15, 0.2) is 72.8 Å². The molecule has 0 radical (unpaired) electrons. The van der Waals surface area contributed by atoms with Gasteiger partial charge < -0.3 is 15.5 Å². The van der Waals surface area contributed by atoms with Crippen molar-refractivity contribution < 1.29 is 18.8 Å². The number of rotatable bonds is 5. The second kappa shape index (κ2) is 9.24. The zero-order valence-corrected chi connectivity index (χ0v) is 18.3. The van der Waals surface area contributed by atoms with Crippen molar-refractivity contribution in [1.82, 2.24) is 10.6 Å². The van der Waals surface area contributed by atoms with Crippen LogP contribution in [0.1, 0.15) is 24.1 Å². The van der Waals surface area contributed by atoms with Gasteiger partial charge in [0.05, 0.1) is 5.69 Å². The summed E-state index contributed by atoms with van der Waals surface area (Å²) in [5.74, 6) is -2.72. The summed E-state index contributed by atoms with van der Waals surface area (Å²) in [6.07, 6.45) is 0. The molecular formula is C26H24FN3O3. The lowest BCUT2D eigenvalue weighted by Crippen LogP contribution is -2.45. The minimum Gasteiger partial charge on any atom is -0.351 e. The van der Waals surface area contributed by atoms with Gasteiger partial charge in [-0.2, -0.15) is 0 Å². The average Bonchev–Trinajstić information content (AvgIpc) is 2.93. The van der Waals surface area contributed by atoms with E-state index >= 15 is 0 Å². The van der Waals surface area contributed by atoms with Crippen molar-refractivity contribution in [1.29, 1.82) is 0 Å². The van der Waals surface area contributed by atoms with Crippen LogP contribution in [0.4, 0.5) is 10.1 Å². The number of nitrogens with one attached hydrogen (secondary N) is 2. The molecule has 3 amide bonds. The number of carbonyl (C=O) groups is 3. The van der Waals surface area contributed by atoms with Crippen LogP contribution in [-0.4, -0.2) is 24.8 Å². The standard InChI is InChI=1S/C26H24FN3O3/c1-16(24(31)28-15-17-11-13-18(27)14-12-17)25(32)29-23-21-9-4-3-7-19(21)20-8-5-6-10-22(20)30(2)26(23)33/h3-14,16,23H,15H2,1-2H3,(H,28,31)(H,29,32)/t16-,23-/m1/s1. The number of amides is 3. The number of nitrogens with zero attached hydrogens (tertiary/aromatic N) is 1. The molecular weight excluding hydrogens is 421 g/mol. The smallest absolute Gasteiger partial charge is 0.253 e. The van der Waals surface area contributed by atoms with Crippen LogP contribution >= 0.6 is 0 Å². The van der Waals surface area contributed by atoms with Crippen LogP contribution in [-0.2, 0) is 20.9 Å². The molecule has 6 nitrogen and oxygen atoms in total. The minimum atomic E-state index is -1.03. The molecule has 1 aliphatic rings. The third-order valence-electron chi connectivity index (χ3n) is 5.86. The second-order valence-corrected chi connectivity index (χ2v) is 8.01. The molecule has 1 aliphatic heterocycles. The first-order chi connectivity index (χ1) is 15.9. The molecule has 33 heavy (non-hydrogen) atoms. The largest absolute Gasteiger partial charge is 0.351 e. The Hall–Kier alpha value is -4.00. The molecule has 2 atom stereocenters. The predicted molar refractivity (Wildman–Crippen MR) is 124 cm³/mol. The Labute approximate surface area is 191 Å². The maximum atomic E-state index is 13.3. The Kier molecular flexibility index (Phi) is 6.22. The number of para-hydroxylation sites is 1. The summed E-state index contributed by atoms with van der Waals surface area (Å²) in [6.45, 7) is 1.65. The van der Waals surface area contributed by atoms with Gasteiger partial charge in [0.15, 0.2) is 0 Å². The lowest BCUT2D eigenvalue weighted by atomic mass is 9.95. The van der Waals surface area contributed by atoms with Gasteiger partial charge in [0.25, 0.3) is 5.91 Å². The van der Waals surface area contributed by atoms with E-state index in [0.29, 0.717) is 11.1 Å². The van der Waals surface area contributed by atoms with Gasteiger partial charge in [-0.3, -0.25) is 14.4 Å². The van der Waals surface area contributed by atoms with Crippen molar-refractivity contribution in [3.05, 3.63) is 89.7 Å². The van der Waals surface area contributed by atoms with Gasteiger partial charge in [-0.05, 0) is 41.8 Å². The van der Waals surface area contributed by atoms with Gasteiger partial charge in [-0.25, -0.2) is 4.39 Å². The van der Waals surface area contributed by atoms with Crippen molar-refractivity contribution in [2.24, 2.45) is 5.92 Å². The van der Waals surface area contributed by atoms with E-state index in [4.69, 9.17) is 0 Å². The number of anilines is 1. The lowest BCUT2D eigenvalue weighted by Gasteiger charge is -2.24. The quantitative estimate of drug-likeness (QED) is 0.590. The Morgan fingerprint density at radius 2 is 1.58 bits per heavy atom. The summed E-state index contributed by atoms with van der Waals surface area (Å²) in [4.78, 5) is 40.4. The van der Waals surface area contributed by atoms with E-state index in [-0.39, 0.29) is 18.3 Å². The molecule has 1 heterocycles. The van der Waals surface area contributed by atoms with Crippen LogP contribution in [0.3, 0.4) is 0 Å². The monoisotopic (exact) mass is 445 g/mol. The first-order valence-electron chi connectivity index (χ1n) is 10.6. The summed E-state index contributed by atoms with van der Waals surface area (Å²) in [6, 6.07) is 19.8. The highest BCUT2D eigenvalue weighted by Crippen LogP contribution is 2.39. The third-order valence-corrected chi connectivity index (χ3v) is 5.86. The molecule has 0 aromatic heterocycles. The van der Waals surface area contributed by atoms with Gasteiger partial charge in [0.2, 0.25) is 11.8 Å². The first-order valence-corrected chi connectivity index (χ1v) is 10.6. The number of benzene rings is 3. The van der Waals surface area contributed by atoms with Gasteiger partial charge in [0, 0.05) is 19.2 Å². The molecule has 0 saturated carbocycles. The number of hydrogen-bond acceptors (Lipinski definition) is 3. The van der Waals surface area contributed by atoms with E-state index in [1.54, 1.807) is 19.2 Å². The van der Waals surface area contributed by atoms with Gasteiger partial charge in [-0.15, -0.1) is 0 Å². The topological polar surface area (TPSA) is 78.5 Å². The molecule has 7 heteroatoms. The van der Waals surface area contributed by atoms with E-state index in [1.807, 2.05) is 48.5 Å². The number of hydrogen-bond donors (Lipinski definition) is 2. The highest BCUT2D eigenvalue weighted by Gasteiger charge is 2.34. The van der Waals surface area contributed by atoms with Crippen LogP contribution < -0.4 is 15.5 Å². The van der Waals surface area contributed by atoms with Gasteiger partial charge in [0.1, 0.15) is 17.8 Å². The second-order valence-electron chi connectivity index (χ2n) is 8.01. The first kappa shape index (κ1) is 22.2. The zero-order chi connectivity index (χ0) is 23.5. The summed E-state index contributed by atoms with van der Waals surface area (Å²) >= 11 is 0. The molecule has 0 fully saturated rings. The third kappa shape index (κ3) is 4.48. The van der Waals surface area contributed by atoms with Crippen molar-refractivity contribution in [3.63, 3.8) is 0 Å². The number of likely N-dealkylation sites (N-methyl/N-ethyl adjacent to an activating group) is 1. The fraction of sp³-hybridized carbons (Fsp3) is 0.192. The Bertz CT molecular complexity index is 1210. The molecule has 3 aromatic rings. The van der Waals surface area contributed by atoms with Crippen LogP contribution in [0.5, 0.6) is 0 Å². The molecule has 168 valence electrons. The zero-order valence-electron chi connectivity index (χ0n) is 18.3. The summed E-state index contributed by atoms with van der Waals surface area (Å²) in [5, 5.41) is 5.46. The van der Waals surface area contributed by atoms with Crippen LogP contribution in [0.2, 0.25) is 0 Å². The number of carbonyl (C=O) groups excluding carboxylic acids is 3. The number of fused-ring (bicyclic) bond motifs is 3. The predicted octanol–water partition coefficient (Wildman–Crippen LogP) is 3.58. The molecule has 2 N–H and O–H groups in total. The maximum absolute atomic E-state index is 13.3. The molecule has 0 aliphatic carbocycles. The molecule has 0 unspecified atom stereocenters. The Morgan fingerprint density at radius 3 is 2.30 bits per heavy atom. The minimum absolute atomic E-state index is 0.167. The van der Waals surface area contributed by atoms with Crippen molar-refractivity contribution in [2.75, 3.05) is 11.9 Å². The SMILES string of the molecule is C[C@H](C(=O)NCc1ccc(F)cc1)C(=O)N[C@H]1C(=O)N(C)c2ccccc2-c2ccccc21. The van der Waals surface area contributed by atoms with E-state index in [1.165, 1.54) is 24.0 Å². The van der Waals surface area contributed by atoms with E-state index in [0.717, 1.165) is 16.8 Å². The van der Waals surface area contributed by atoms with E-state index in [9.17, 15) is 18.8 Å². The molecule has 0 spiro atoms. The Morgan fingerprint density at radius 1 is 0.939 bits per heavy atom. The summed E-state index contributed by atoms with van der Waals surface area (Å²) < 4.78 is 13.1. The van der Waals surface area contributed by atoms with Crippen LogP contribution in [0.25, 0.3) is 11.1 Å². The lowest BCUT2D eigenvalue weighted by molar-refractivity contribution is -0.136. The highest BCUT2D eigenvalue weighted by atomic mass is 19.1. The van der Waals surface area contributed by atoms with Crippen molar-refractivity contribution in [2.45, 2.75) is 19.5 Å². The molecule has 0 saturated heterocycles. The normalized spacial score (nSPS) is 15.7. The molecule has 0 bridgehead atoms. The van der Waals surface area contributed by atoms with E-state index < -0.39 is 23.8 Å². The summed E-state index contributed by atoms with van der Waals surface area (Å²) in [5.41, 5.74) is 3.88. The fourth-order valence-electron chi connectivity index (χ4n) is 3.90. The van der Waals surface area contributed by atoms with Crippen LogP contribution in [0, 0.1) is 11.7 Å². The fourth-order valence-corrected chi connectivity index (χ4v) is 3.90. The molecule has 3 aromatic carbocycles. The summed E-state index contributed by atoms with van der Waals surface area (Å²) in [7, 11) is 1.67. The van der Waals surface area contributed by atoms with Crippen molar-refractivity contribution >= 4 is 23.4 Å². The Balaban J connectivity index is 1.52. The maximum Gasteiger partial charge on any atom is 0.253 e. The van der Waals surface area contributed by atoms with Crippen molar-refractivity contribution in [3.8, 4) is 11.1 Å². The average molecular weight is 445 g/mol. The highest BCUT2D eigenvalue weighted by molar-refractivity contribution is 6.07. The van der Waals surface area contributed by atoms with Gasteiger partial charge >= 0.3 is 0 Å².